The maximum atomic E-state index is 12.6. The Hall–Kier alpha value is -3.06. The molecule has 1 aliphatic heterocycles. The third kappa shape index (κ3) is 4.20. The smallest absolute Gasteiger partial charge is 0.344 e. The first kappa shape index (κ1) is 18.7. The number of hydrogen-bond donors (Lipinski definition) is 1. The first-order chi connectivity index (χ1) is 13.0. The van der Waals surface area contributed by atoms with Crippen LogP contribution in [0.25, 0.3) is 6.08 Å². The first-order valence-electron chi connectivity index (χ1n) is 8.32. The quantitative estimate of drug-likeness (QED) is 0.754. The Morgan fingerprint density at radius 2 is 1.81 bits per heavy atom. The molecule has 0 saturated carbocycles. The summed E-state index contributed by atoms with van der Waals surface area (Å²) < 4.78 is 5.41. The highest BCUT2D eigenvalue weighted by Gasteiger charge is 2.36. The van der Waals surface area contributed by atoms with Gasteiger partial charge in [0.15, 0.2) is 6.10 Å². The molecule has 138 valence electrons. The molecule has 0 bridgehead atoms. The number of benzene rings is 2. The van der Waals surface area contributed by atoms with Crippen molar-refractivity contribution in [3.63, 3.8) is 0 Å². The zero-order valence-corrected chi connectivity index (χ0v) is 15.3. The number of amides is 2. The van der Waals surface area contributed by atoms with E-state index in [2.05, 4.69) is 0 Å². The Morgan fingerprint density at radius 1 is 1.15 bits per heavy atom. The summed E-state index contributed by atoms with van der Waals surface area (Å²) in [4.78, 5) is 37.3. The number of para-hydroxylation sites is 1. The van der Waals surface area contributed by atoms with E-state index >= 15 is 0 Å². The van der Waals surface area contributed by atoms with E-state index in [9.17, 15) is 14.4 Å². The van der Waals surface area contributed by atoms with Gasteiger partial charge in [0.05, 0.1) is 10.6 Å². The van der Waals surface area contributed by atoms with Crippen LogP contribution in [0.15, 0.2) is 59.5 Å². The van der Waals surface area contributed by atoms with Gasteiger partial charge in [-0.15, -0.1) is 0 Å². The maximum absolute atomic E-state index is 12.6. The van der Waals surface area contributed by atoms with E-state index < -0.39 is 12.1 Å². The number of anilines is 1. The third-order valence-electron chi connectivity index (χ3n) is 3.91. The van der Waals surface area contributed by atoms with Crippen molar-refractivity contribution in [3.8, 4) is 5.75 Å². The van der Waals surface area contributed by atoms with Gasteiger partial charge in [0.25, 0.3) is 11.1 Å². The lowest BCUT2D eigenvalue weighted by molar-refractivity contribution is -0.145. The summed E-state index contributed by atoms with van der Waals surface area (Å²) in [6, 6.07) is 15.5. The van der Waals surface area contributed by atoms with Crippen molar-refractivity contribution in [2.75, 3.05) is 4.90 Å². The van der Waals surface area contributed by atoms with Gasteiger partial charge in [-0.05, 0) is 54.1 Å². The molecule has 6 nitrogen and oxygen atoms in total. The number of ether oxygens (including phenoxy) is 1. The normalized spacial score (nSPS) is 16.6. The lowest BCUT2D eigenvalue weighted by atomic mass is 10.2. The minimum Gasteiger partial charge on any atom is -0.479 e. The summed E-state index contributed by atoms with van der Waals surface area (Å²) in [6.45, 7) is 1.73. The largest absolute Gasteiger partial charge is 0.479 e. The van der Waals surface area contributed by atoms with Crippen LogP contribution in [0.2, 0.25) is 0 Å². The average Bonchev–Trinajstić information content (AvgIpc) is 2.94. The highest BCUT2D eigenvalue weighted by atomic mass is 32.2. The van der Waals surface area contributed by atoms with E-state index in [1.807, 2.05) is 6.07 Å². The Bertz CT molecular complexity index is 892. The fourth-order valence-corrected chi connectivity index (χ4v) is 3.38. The van der Waals surface area contributed by atoms with Crippen LogP contribution in [0.4, 0.5) is 10.5 Å². The van der Waals surface area contributed by atoms with Crippen LogP contribution in [0.1, 0.15) is 18.9 Å². The Labute approximate surface area is 160 Å². The molecule has 1 N–H and O–H groups in total. The van der Waals surface area contributed by atoms with Crippen LogP contribution >= 0.6 is 11.8 Å². The fourth-order valence-electron chi connectivity index (χ4n) is 2.53. The number of carboxylic acids is 1. The van der Waals surface area contributed by atoms with Crippen molar-refractivity contribution in [2.24, 2.45) is 0 Å². The van der Waals surface area contributed by atoms with Crippen molar-refractivity contribution in [2.45, 2.75) is 19.4 Å². The number of carbonyl (C=O) groups is 3. The van der Waals surface area contributed by atoms with E-state index in [4.69, 9.17) is 9.84 Å². The minimum absolute atomic E-state index is 0.328. The van der Waals surface area contributed by atoms with Gasteiger partial charge in [0.1, 0.15) is 5.75 Å². The second-order valence-electron chi connectivity index (χ2n) is 5.77. The molecule has 7 heteroatoms. The lowest BCUT2D eigenvalue weighted by Crippen LogP contribution is -2.27. The number of carbonyl (C=O) groups excluding carboxylic acids is 2. The van der Waals surface area contributed by atoms with Crippen LogP contribution < -0.4 is 9.64 Å². The summed E-state index contributed by atoms with van der Waals surface area (Å²) in [5.74, 6) is -0.955. The second kappa shape index (κ2) is 8.09. The molecule has 27 heavy (non-hydrogen) atoms. The van der Waals surface area contributed by atoms with Crippen molar-refractivity contribution >= 4 is 40.6 Å². The minimum atomic E-state index is -1.02. The monoisotopic (exact) mass is 383 g/mol. The van der Waals surface area contributed by atoms with Crippen LogP contribution in [0.5, 0.6) is 5.75 Å². The molecule has 1 saturated heterocycles. The molecule has 0 spiro atoms. The number of carboxylic acid groups (broad SMARTS) is 1. The molecule has 0 radical (unpaired) electrons. The predicted octanol–water partition coefficient (Wildman–Crippen LogP) is 4.17. The predicted molar refractivity (Wildman–Crippen MR) is 104 cm³/mol. The Kier molecular flexibility index (Phi) is 5.61. The van der Waals surface area contributed by atoms with Crippen LogP contribution in [-0.2, 0) is 9.59 Å². The topological polar surface area (TPSA) is 83.9 Å². The zero-order chi connectivity index (χ0) is 19.4. The molecule has 1 atom stereocenters. The molecule has 1 aliphatic rings. The maximum Gasteiger partial charge on any atom is 0.344 e. The van der Waals surface area contributed by atoms with Crippen LogP contribution in [0, 0.1) is 0 Å². The zero-order valence-electron chi connectivity index (χ0n) is 14.5. The summed E-state index contributed by atoms with van der Waals surface area (Å²) in [7, 11) is 0. The molecular weight excluding hydrogens is 366 g/mol. The second-order valence-corrected chi connectivity index (χ2v) is 6.77. The lowest BCUT2D eigenvalue weighted by Gasteiger charge is -2.13. The van der Waals surface area contributed by atoms with Gasteiger partial charge in [-0.1, -0.05) is 37.3 Å². The van der Waals surface area contributed by atoms with Gasteiger partial charge in [-0.3, -0.25) is 9.59 Å². The SMILES string of the molecule is CCC(Oc1ccc(/C=C2/SC(=O)N(c3ccccc3)C2=O)cc1)C(=O)O. The number of nitrogens with zero attached hydrogens (tertiary/aromatic N) is 1. The molecule has 3 rings (SSSR count). The molecule has 1 heterocycles. The van der Waals surface area contributed by atoms with Gasteiger partial charge in [-0.2, -0.15) is 0 Å². The fraction of sp³-hybridized carbons (Fsp3) is 0.150. The standard InChI is InChI=1S/C20H17NO5S/c1-2-16(19(23)24)26-15-10-8-13(9-11-15)12-17-18(22)21(20(25)27-17)14-6-4-3-5-7-14/h3-12,16H,2H2,1H3,(H,23,24)/b17-12+. The summed E-state index contributed by atoms with van der Waals surface area (Å²) in [5.41, 5.74) is 1.25. The van der Waals surface area contributed by atoms with E-state index in [1.54, 1.807) is 61.5 Å². The highest BCUT2D eigenvalue weighted by molar-refractivity contribution is 8.19. The molecule has 1 unspecified atom stereocenters. The van der Waals surface area contributed by atoms with E-state index in [1.165, 1.54) is 0 Å². The Morgan fingerprint density at radius 3 is 2.41 bits per heavy atom. The van der Waals surface area contributed by atoms with Crippen molar-refractivity contribution in [1.82, 2.24) is 0 Å². The Balaban J connectivity index is 1.76. The molecule has 0 aliphatic carbocycles. The number of rotatable bonds is 6. The van der Waals surface area contributed by atoms with Crippen molar-refractivity contribution in [3.05, 3.63) is 65.1 Å². The number of hydrogen-bond acceptors (Lipinski definition) is 5. The summed E-state index contributed by atoms with van der Waals surface area (Å²) in [5, 5.41) is 8.70. The number of thioether (sulfide) groups is 1. The molecule has 1 fully saturated rings. The van der Waals surface area contributed by atoms with Crippen molar-refractivity contribution < 1.29 is 24.2 Å². The highest BCUT2D eigenvalue weighted by Crippen LogP contribution is 2.35. The van der Waals surface area contributed by atoms with Gasteiger partial charge in [0.2, 0.25) is 0 Å². The van der Waals surface area contributed by atoms with E-state index in [-0.39, 0.29) is 11.1 Å². The summed E-state index contributed by atoms with van der Waals surface area (Å²) >= 11 is 0.883. The molecule has 2 aromatic rings. The number of aliphatic carboxylic acids is 1. The number of imide groups is 1. The summed E-state index contributed by atoms with van der Waals surface area (Å²) in [6.07, 6.45) is 1.08. The van der Waals surface area contributed by atoms with Gasteiger partial charge >= 0.3 is 5.97 Å². The van der Waals surface area contributed by atoms with E-state index in [0.29, 0.717) is 28.3 Å². The molecular formula is C20H17NO5S. The van der Waals surface area contributed by atoms with Gasteiger partial charge in [0, 0.05) is 0 Å². The van der Waals surface area contributed by atoms with Gasteiger partial charge < -0.3 is 9.84 Å². The third-order valence-corrected chi connectivity index (χ3v) is 4.78. The van der Waals surface area contributed by atoms with Gasteiger partial charge in [-0.25, -0.2) is 9.69 Å². The first-order valence-corrected chi connectivity index (χ1v) is 9.13. The molecule has 0 aromatic heterocycles. The van der Waals surface area contributed by atoms with Crippen molar-refractivity contribution in [1.29, 1.82) is 0 Å². The van der Waals surface area contributed by atoms with Crippen LogP contribution in [0.3, 0.4) is 0 Å². The van der Waals surface area contributed by atoms with Crippen LogP contribution in [-0.4, -0.2) is 28.3 Å². The molecule has 2 aromatic carbocycles. The van der Waals surface area contributed by atoms with E-state index in [0.717, 1.165) is 16.7 Å². The average molecular weight is 383 g/mol. The molecule has 2 amide bonds.